The van der Waals surface area contributed by atoms with Gasteiger partial charge in [0.15, 0.2) is 6.61 Å². The van der Waals surface area contributed by atoms with Crippen molar-refractivity contribution in [3.8, 4) is 5.75 Å². The molecule has 0 fully saturated rings. The molecule has 0 saturated carbocycles. The molecule has 2 atom stereocenters. The first-order valence-electron chi connectivity index (χ1n) is 10.9. The normalized spacial score (nSPS) is 16.5. The van der Waals surface area contributed by atoms with E-state index in [0.29, 0.717) is 18.9 Å². The van der Waals surface area contributed by atoms with E-state index in [1.165, 1.54) is 11.1 Å². The summed E-state index contributed by atoms with van der Waals surface area (Å²) >= 11 is 0. The molecule has 0 spiro atoms. The highest BCUT2D eigenvalue weighted by Gasteiger charge is 2.21. The Hall–Kier alpha value is -2.89. The van der Waals surface area contributed by atoms with Crippen molar-refractivity contribution in [3.63, 3.8) is 0 Å². The van der Waals surface area contributed by atoms with Crippen molar-refractivity contribution in [2.24, 2.45) is 0 Å². The zero-order valence-electron chi connectivity index (χ0n) is 17.8. The number of carbonyl (C=O) groups is 1. The van der Waals surface area contributed by atoms with Gasteiger partial charge in [-0.15, -0.1) is 0 Å². The summed E-state index contributed by atoms with van der Waals surface area (Å²) in [6.07, 6.45) is 2.31. The van der Waals surface area contributed by atoms with Gasteiger partial charge in [0.1, 0.15) is 5.75 Å². The monoisotopic (exact) mass is 419 g/mol. The summed E-state index contributed by atoms with van der Waals surface area (Å²) in [4.78, 5) is 11.5. The lowest BCUT2D eigenvalue weighted by molar-refractivity contribution is -0.145. The van der Waals surface area contributed by atoms with Gasteiger partial charge in [-0.1, -0.05) is 48.5 Å². The number of fused-ring (bicyclic) bond motifs is 2. The van der Waals surface area contributed by atoms with Crippen LogP contribution in [-0.2, 0) is 22.4 Å². The predicted octanol–water partition coefficient (Wildman–Crippen LogP) is 3.96. The molecule has 162 valence electrons. The first-order valence-corrected chi connectivity index (χ1v) is 10.9. The average molecular weight is 420 g/mol. The van der Waals surface area contributed by atoms with E-state index in [-0.39, 0.29) is 18.6 Å². The first kappa shape index (κ1) is 21.3. The van der Waals surface area contributed by atoms with Gasteiger partial charge >= 0.3 is 5.97 Å². The van der Waals surface area contributed by atoms with Crippen LogP contribution in [0, 0.1) is 0 Å². The van der Waals surface area contributed by atoms with E-state index in [4.69, 9.17) is 9.47 Å². The minimum Gasteiger partial charge on any atom is -0.482 e. The van der Waals surface area contributed by atoms with Crippen molar-refractivity contribution in [1.29, 1.82) is 0 Å². The summed E-state index contributed by atoms with van der Waals surface area (Å²) in [6, 6.07) is 20.5. The van der Waals surface area contributed by atoms with Crippen LogP contribution in [0.25, 0.3) is 10.8 Å². The topological polar surface area (TPSA) is 67.8 Å². The molecule has 1 unspecified atom stereocenters. The molecule has 3 aromatic carbocycles. The summed E-state index contributed by atoms with van der Waals surface area (Å²) in [7, 11) is 0. The van der Waals surface area contributed by atoms with Gasteiger partial charge in [0, 0.05) is 12.6 Å². The molecule has 0 radical (unpaired) electrons. The third kappa shape index (κ3) is 5.24. The SMILES string of the molecule is CCOC(=O)COc1ccc2c(c1)CC(NC[C@@H](O)c1cccc3ccccc13)CC2. The number of hydrogen-bond acceptors (Lipinski definition) is 5. The number of benzene rings is 3. The first-order chi connectivity index (χ1) is 15.1. The van der Waals surface area contributed by atoms with Gasteiger partial charge in [-0.3, -0.25) is 0 Å². The van der Waals surface area contributed by atoms with Crippen molar-refractivity contribution in [2.45, 2.75) is 38.3 Å². The highest BCUT2D eigenvalue weighted by atomic mass is 16.6. The molecule has 0 aliphatic heterocycles. The Kier molecular flexibility index (Phi) is 6.85. The van der Waals surface area contributed by atoms with Gasteiger partial charge in [-0.2, -0.15) is 0 Å². The van der Waals surface area contributed by atoms with E-state index in [1.807, 2.05) is 36.4 Å². The molecule has 5 nitrogen and oxygen atoms in total. The molecule has 4 rings (SSSR count). The summed E-state index contributed by atoms with van der Waals surface area (Å²) in [5.74, 6) is 0.324. The summed E-state index contributed by atoms with van der Waals surface area (Å²) in [5.41, 5.74) is 3.50. The summed E-state index contributed by atoms with van der Waals surface area (Å²) in [6.45, 7) is 2.56. The van der Waals surface area contributed by atoms with Crippen LogP contribution >= 0.6 is 0 Å². The molecule has 0 heterocycles. The number of esters is 1. The standard InChI is InChI=1S/C26H29NO4/c1-2-30-26(29)17-31-22-13-11-18-10-12-21(14-20(18)15-22)27-16-25(28)24-9-5-7-19-6-3-4-8-23(19)24/h3-9,11,13,15,21,25,27-28H,2,10,12,14,16-17H2,1H3/t21?,25-/m1/s1. The number of nitrogens with one attached hydrogen (secondary N) is 1. The second kappa shape index (κ2) is 9.94. The van der Waals surface area contributed by atoms with E-state index in [0.717, 1.165) is 35.6 Å². The van der Waals surface area contributed by atoms with Crippen LogP contribution in [0.4, 0.5) is 0 Å². The molecule has 1 aliphatic rings. The van der Waals surface area contributed by atoms with Crippen molar-refractivity contribution >= 4 is 16.7 Å². The van der Waals surface area contributed by atoms with Crippen LogP contribution in [0.3, 0.4) is 0 Å². The van der Waals surface area contributed by atoms with Crippen LogP contribution in [-0.4, -0.2) is 36.9 Å². The van der Waals surface area contributed by atoms with Crippen LogP contribution in [0.15, 0.2) is 60.7 Å². The maximum absolute atomic E-state index is 11.5. The van der Waals surface area contributed by atoms with Gasteiger partial charge in [0.05, 0.1) is 12.7 Å². The lowest BCUT2D eigenvalue weighted by Crippen LogP contribution is -2.37. The summed E-state index contributed by atoms with van der Waals surface area (Å²) in [5, 5.41) is 16.6. The molecule has 3 aromatic rings. The lowest BCUT2D eigenvalue weighted by Gasteiger charge is -2.27. The van der Waals surface area contributed by atoms with Crippen LogP contribution in [0.5, 0.6) is 5.75 Å². The van der Waals surface area contributed by atoms with Crippen LogP contribution < -0.4 is 10.1 Å². The maximum atomic E-state index is 11.5. The van der Waals surface area contributed by atoms with Gasteiger partial charge in [0.25, 0.3) is 0 Å². The molecular formula is C26H29NO4. The third-order valence-corrected chi connectivity index (χ3v) is 5.85. The molecular weight excluding hydrogens is 390 g/mol. The van der Waals surface area contributed by atoms with E-state index in [9.17, 15) is 9.90 Å². The summed E-state index contributed by atoms with van der Waals surface area (Å²) < 4.78 is 10.5. The quantitative estimate of drug-likeness (QED) is 0.541. The van der Waals surface area contributed by atoms with E-state index in [2.05, 4.69) is 29.6 Å². The Morgan fingerprint density at radius 2 is 1.97 bits per heavy atom. The second-order valence-electron chi connectivity index (χ2n) is 7.96. The van der Waals surface area contributed by atoms with E-state index in [1.54, 1.807) is 6.92 Å². The number of aliphatic hydroxyl groups is 1. The molecule has 0 amide bonds. The lowest BCUT2D eigenvalue weighted by atomic mass is 9.88. The fourth-order valence-electron chi connectivity index (χ4n) is 4.27. The molecule has 0 aromatic heterocycles. The number of aliphatic hydroxyl groups excluding tert-OH is 1. The van der Waals surface area contributed by atoms with Crippen molar-refractivity contribution in [3.05, 3.63) is 77.4 Å². The number of hydrogen-bond donors (Lipinski definition) is 2. The van der Waals surface area contributed by atoms with Gasteiger partial charge in [-0.25, -0.2) is 4.79 Å². The zero-order valence-corrected chi connectivity index (χ0v) is 17.8. The molecule has 0 bridgehead atoms. The molecule has 31 heavy (non-hydrogen) atoms. The van der Waals surface area contributed by atoms with Crippen LogP contribution in [0.1, 0.15) is 36.1 Å². The van der Waals surface area contributed by atoms with E-state index >= 15 is 0 Å². The molecule has 0 saturated heterocycles. The van der Waals surface area contributed by atoms with Gasteiger partial charge < -0.3 is 19.9 Å². The Morgan fingerprint density at radius 1 is 1.13 bits per heavy atom. The van der Waals surface area contributed by atoms with Crippen molar-refractivity contribution in [1.82, 2.24) is 5.32 Å². The Balaban J connectivity index is 1.36. The van der Waals surface area contributed by atoms with Crippen LogP contribution in [0.2, 0.25) is 0 Å². The maximum Gasteiger partial charge on any atom is 0.344 e. The third-order valence-electron chi connectivity index (χ3n) is 5.85. The highest BCUT2D eigenvalue weighted by molar-refractivity contribution is 5.86. The second-order valence-corrected chi connectivity index (χ2v) is 7.96. The van der Waals surface area contributed by atoms with E-state index < -0.39 is 6.10 Å². The zero-order chi connectivity index (χ0) is 21.6. The van der Waals surface area contributed by atoms with Crippen molar-refractivity contribution < 1.29 is 19.4 Å². The minimum absolute atomic E-state index is 0.0778. The Labute approximate surface area is 183 Å². The average Bonchev–Trinajstić information content (AvgIpc) is 2.80. The number of aryl methyl sites for hydroxylation is 1. The fourth-order valence-corrected chi connectivity index (χ4v) is 4.27. The predicted molar refractivity (Wildman–Crippen MR) is 121 cm³/mol. The Morgan fingerprint density at radius 3 is 2.84 bits per heavy atom. The number of rotatable bonds is 8. The molecule has 2 N–H and O–H groups in total. The highest BCUT2D eigenvalue weighted by Crippen LogP contribution is 2.27. The molecule has 5 heteroatoms. The van der Waals surface area contributed by atoms with Crippen molar-refractivity contribution in [2.75, 3.05) is 19.8 Å². The smallest absolute Gasteiger partial charge is 0.344 e. The number of ether oxygens (including phenoxy) is 2. The Bertz CT molecular complexity index is 1040. The minimum atomic E-state index is -0.563. The van der Waals surface area contributed by atoms with Gasteiger partial charge in [-0.05, 0) is 65.8 Å². The number of carbonyl (C=O) groups excluding carboxylic acids is 1. The van der Waals surface area contributed by atoms with Gasteiger partial charge in [0.2, 0.25) is 0 Å². The molecule has 1 aliphatic carbocycles. The largest absolute Gasteiger partial charge is 0.482 e. The fraction of sp³-hybridized carbons (Fsp3) is 0.346.